The van der Waals surface area contributed by atoms with Gasteiger partial charge in [-0.2, -0.15) is 0 Å². The van der Waals surface area contributed by atoms with Gasteiger partial charge in [0.15, 0.2) is 9.84 Å². The average molecular weight is 180 g/mol. The predicted octanol–water partition coefficient (Wildman–Crippen LogP) is 0.438. The first-order valence-corrected chi connectivity index (χ1v) is 5.72. The number of aliphatic hydroxyl groups excluding tert-OH is 1. The summed E-state index contributed by atoms with van der Waals surface area (Å²) in [5.41, 5.74) is 0. The van der Waals surface area contributed by atoms with Gasteiger partial charge >= 0.3 is 0 Å². The zero-order valence-electron chi connectivity index (χ0n) is 7.24. The third-order valence-corrected chi connectivity index (χ3v) is 3.48. The predicted molar refractivity (Wildman–Crippen MR) is 45.2 cm³/mol. The van der Waals surface area contributed by atoms with Crippen LogP contribution in [0.3, 0.4) is 0 Å². The van der Waals surface area contributed by atoms with Crippen LogP contribution in [0, 0.1) is 5.92 Å². The maximum Gasteiger partial charge on any atom is 0.153 e. The summed E-state index contributed by atoms with van der Waals surface area (Å²) in [5.74, 6) is 0.0255. The van der Waals surface area contributed by atoms with Crippen LogP contribution in [0.2, 0.25) is 0 Å². The number of hydrogen-bond donors (Lipinski definition) is 1. The average Bonchev–Trinajstić information content (AvgIpc) is 2.10. The maximum atomic E-state index is 10.7. The fraction of sp³-hybridized carbons (Fsp3) is 1.00. The van der Waals surface area contributed by atoms with E-state index in [1.165, 1.54) is 0 Å². The lowest BCUT2D eigenvalue weighted by molar-refractivity contribution is 0.159. The summed E-state index contributed by atoms with van der Waals surface area (Å²) in [6.07, 6.45) is -0.630. The van der Waals surface area contributed by atoms with E-state index in [9.17, 15) is 8.42 Å². The van der Waals surface area contributed by atoms with Crippen molar-refractivity contribution in [2.24, 2.45) is 5.92 Å². The normalized spacial score (nSPS) is 34.2. The van der Waals surface area contributed by atoms with E-state index in [1.54, 1.807) is 6.92 Å². The molecule has 2 atom stereocenters. The molecule has 0 aromatic carbocycles. The van der Waals surface area contributed by atoms with E-state index >= 15 is 0 Å². The Hall–Kier alpha value is -0.0900. The molecule has 1 aliphatic rings. The van der Waals surface area contributed by atoms with Crippen LogP contribution in [-0.4, -0.2) is 31.1 Å². The molecule has 1 rings (SSSR count). The standard InChI is InChI=1S/C5H10O3S.C2H6/c1-4-2-9(7,8)3-5(4)6;1-2/h4-6H,2-3H2,1H3;1-2H3. The lowest BCUT2D eigenvalue weighted by Crippen LogP contribution is -2.13. The van der Waals surface area contributed by atoms with Crippen LogP contribution in [-0.2, 0) is 9.84 Å². The molecule has 1 fully saturated rings. The summed E-state index contributed by atoms with van der Waals surface area (Å²) in [4.78, 5) is 0. The van der Waals surface area contributed by atoms with Gasteiger partial charge in [0.1, 0.15) is 0 Å². The molecule has 0 aromatic heterocycles. The monoisotopic (exact) mass is 180 g/mol. The quantitative estimate of drug-likeness (QED) is 0.588. The lowest BCUT2D eigenvalue weighted by atomic mass is 10.1. The zero-order valence-corrected chi connectivity index (χ0v) is 8.06. The van der Waals surface area contributed by atoms with Gasteiger partial charge in [0.05, 0.1) is 17.6 Å². The number of rotatable bonds is 0. The highest BCUT2D eigenvalue weighted by molar-refractivity contribution is 7.91. The summed E-state index contributed by atoms with van der Waals surface area (Å²) >= 11 is 0. The SMILES string of the molecule is CC.CC1CS(=O)(=O)CC1O. The smallest absolute Gasteiger partial charge is 0.153 e. The Morgan fingerprint density at radius 1 is 1.27 bits per heavy atom. The van der Waals surface area contributed by atoms with Crippen LogP contribution in [0.25, 0.3) is 0 Å². The third kappa shape index (κ3) is 3.20. The molecule has 3 nitrogen and oxygen atoms in total. The highest BCUT2D eigenvalue weighted by Gasteiger charge is 2.32. The maximum absolute atomic E-state index is 10.7. The lowest BCUT2D eigenvalue weighted by Gasteiger charge is -2.01. The van der Waals surface area contributed by atoms with E-state index in [-0.39, 0.29) is 17.4 Å². The number of sulfone groups is 1. The van der Waals surface area contributed by atoms with Crippen LogP contribution in [0.15, 0.2) is 0 Å². The summed E-state index contributed by atoms with van der Waals surface area (Å²) in [6.45, 7) is 5.75. The van der Waals surface area contributed by atoms with E-state index < -0.39 is 15.9 Å². The molecule has 1 N–H and O–H groups in total. The fourth-order valence-electron chi connectivity index (χ4n) is 1.00. The molecule has 68 valence electrons. The highest BCUT2D eigenvalue weighted by Crippen LogP contribution is 2.17. The number of aliphatic hydroxyl groups is 1. The molecule has 11 heavy (non-hydrogen) atoms. The molecular formula is C7H16O3S. The Morgan fingerprint density at radius 2 is 1.73 bits per heavy atom. The van der Waals surface area contributed by atoms with Crippen LogP contribution in [0.5, 0.6) is 0 Å². The van der Waals surface area contributed by atoms with Gasteiger partial charge in [-0.1, -0.05) is 20.8 Å². The molecule has 0 bridgehead atoms. The summed E-state index contributed by atoms with van der Waals surface area (Å²) in [7, 11) is -2.89. The van der Waals surface area contributed by atoms with Crippen molar-refractivity contribution in [3.63, 3.8) is 0 Å². The van der Waals surface area contributed by atoms with Gasteiger partial charge in [-0.15, -0.1) is 0 Å². The molecule has 0 saturated carbocycles. The molecule has 0 spiro atoms. The van der Waals surface area contributed by atoms with Crippen molar-refractivity contribution in [3.05, 3.63) is 0 Å². The summed E-state index contributed by atoms with van der Waals surface area (Å²) in [6, 6.07) is 0. The topological polar surface area (TPSA) is 54.4 Å². The Kier molecular flexibility index (Phi) is 4.03. The minimum Gasteiger partial charge on any atom is -0.392 e. The Bertz CT molecular complexity index is 180. The summed E-state index contributed by atoms with van der Waals surface area (Å²) in [5, 5.41) is 8.95. The Morgan fingerprint density at radius 3 is 1.82 bits per heavy atom. The first-order chi connectivity index (χ1) is 5.01. The largest absolute Gasteiger partial charge is 0.392 e. The second-order valence-corrected chi connectivity index (χ2v) is 4.78. The van der Waals surface area contributed by atoms with Crippen molar-refractivity contribution in [2.75, 3.05) is 11.5 Å². The van der Waals surface area contributed by atoms with Gasteiger partial charge in [0.2, 0.25) is 0 Å². The molecule has 4 heteroatoms. The molecule has 1 heterocycles. The van der Waals surface area contributed by atoms with Gasteiger partial charge < -0.3 is 5.11 Å². The minimum absolute atomic E-state index is 0.0475. The molecule has 2 unspecified atom stereocenters. The molecular weight excluding hydrogens is 164 g/mol. The van der Waals surface area contributed by atoms with Crippen molar-refractivity contribution < 1.29 is 13.5 Å². The third-order valence-electron chi connectivity index (χ3n) is 1.60. The first kappa shape index (κ1) is 10.9. The molecule has 0 aromatic rings. The molecule has 0 amide bonds. The van der Waals surface area contributed by atoms with Gasteiger partial charge in [-0.3, -0.25) is 0 Å². The van der Waals surface area contributed by atoms with Crippen LogP contribution in [0.4, 0.5) is 0 Å². The molecule has 1 saturated heterocycles. The van der Waals surface area contributed by atoms with E-state index in [2.05, 4.69) is 0 Å². The van der Waals surface area contributed by atoms with Gasteiger partial charge in [-0.05, 0) is 5.92 Å². The van der Waals surface area contributed by atoms with Crippen LogP contribution >= 0.6 is 0 Å². The molecule has 0 aliphatic carbocycles. The van der Waals surface area contributed by atoms with E-state index in [1.807, 2.05) is 13.8 Å². The molecule has 0 radical (unpaired) electrons. The van der Waals surface area contributed by atoms with Crippen LogP contribution in [0.1, 0.15) is 20.8 Å². The van der Waals surface area contributed by atoms with Crippen molar-refractivity contribution in [3.8, 4) is 0 Å². The Balaban J connectivity index is 0.000000461. The van der Waals surface area contributed by atoms with Crippen molar-refractivity contribution in [2.45, 2.75) is 26.9 Å². The van der Waals surface area contributed by atoms with E-state index in [0.29, 0.717) is 0 Å². The second-order valence-electron chi connectivity index (χ2n) is 2.62. The molecule has 1 aliphatic heterocycles. The van der Waals surface area contributed by atoms with Crippen molar-refractivity contribution in [1.82, 2.24) is 0 Å². The summed E-state index contributed by atoms with van der Waals surface area (Å²) < 4.78 is 21.4. The number of hydrogen-bond acceptors (Lipinski definition) is 3. The Labute approximate surface area is 68.3 Å². The first-order valence-electron chi connectivity index (χ1n) is 3.90. The van der Waals surface area contributed by atoms with Crippen LogP contribution < -0.4 is 0 Å². The van der Waals surface area contributed by atoms with E-state index in [4.69, 9.17) is 5.11 Å². The minimum atomic E-state index is -2.89. The zero-order chi connectivity index (χ0) is 9.07. The fourth-order valence-corrected chi connectivity index (χ4v) is 3.01. The van der Waals surface area contributed by atoms with Crippen molar-refractivity contribution >= 4 is 9.84 Å². The van der Waals surface area contributed by atoms with E-state index in [0.717, 1.165) is 0 Å². The second kappa shape index (κ2) is 4.07. The van der Waals surface area contributed by atoms with Gasteiger partial charge in [-0.25, -0.2) is 8.42 Å². The van der Waals surface area contributed by atoms with Gasteiger partial charge in [0, 0.05) is 0 Å². The van der Waals surface area contributed by atoms with Crippen molar-refractivity contribution in [1.29, 1.82) is 0 Å². The van der Waals surface area contributed by atoms with Gasteiger partial charge in [0.25, 0.3) is 0 Å². The highest BCUT2D eigenvalue weighted by atomic mass is 32.2.